The second-order valence-electron chi connectivity index (χ2n) is 6.03. The average Bonchev–Trinajstić information content (AvgIpc) is 2.72. The highest BCUT2D eigenvalue weighted by Crippen LogP contribution is 2.63. The Morgan fingerprint density at radius 3 is 1.13 bits per heavy atom. The van der Waals surface area contributed by atoms with Gasteiger partial charge in [0.05, 0.1) is 0 Å². The first-order chi connectivity index (χ1) is 14.6. The Labute approximate surface area is 192 Å². The van der Waals surface area contributed by atoms with E-state index >= 15 is 0 Å². The molecule has 6 nitrogen and oxygen atoms in total. The van der Waals surface area contributed by atoms with Gasteiger partial charge in [0.15, 0.2) is 11.8 Å². The van der Waals surface area contributed by atoms with Crippen molar-refractivity contribution >= 4 is 52.3 Å². The summed E-state index contributed by atoms with van der Waals surface area (Å²) in [4.78, 5) is 12.5. The Balaban J connectivity index is 0.000000614. The molecule has 0 aliphatic rings. The minimum absolute atomic E-state index is 0.0950. The van der Waals surface area contributed by atoms with Crippen molar-refractivity contribution in [3.8, 4) is 0 Å². The summed E-state index contributed by atoms with van der Waals surface area (Å²) < 4.78 is 33.9. The van der Waals surface area contributed by atoms with Crippen LogP contribution in [0.5, 0.6) is 0 Å². The van der Waals surface area contributed by atoms with Crippen molar-refractivity contribution in [1.29, 1.82) is 0 Å². The SMILES string of the molecule is NC(=O)C(=C(Cl)Cl)[P+](c1ccccc1)(c1ccccc1)c1ccccc1.[O-][Cl+3]([O-])([O-])[O-]. The number of benzene rings is 3. The smallest absolute Gasteiger partial charge is 0.287 e. The molecule has 0 aliphatic heterocycles. The molecule has 1 amide bonds. The Bertz CT molecular complexity index is 922. The first-order valence-corrected chi connectivity index (χ1v) is 12.4. The van der Waals surface area contributed by atoms with Crippen molar-refractivity contribution in [2.45, 2.75) is 0 Å². The fraction of sp³-hybridized carbons (Fsp3) is 0. The first-order valence-electron chi connectivity index (χ1n) is 8.61. The van der Waals surface area contributed by atoms with Crippen LogP contribution in [0, 0.1) is 10.2 Å². The number of rotatable bonds is 5. The van der Waals surface area contributed by atoms with Crippen LogP contribution >= 0.6 is 30.5 Å². The highest BCUT2D eigenvalue weighted by Gasteiger charge is 2.53. The molecule has 0 radical (unpaired) electrons. The molecule has 10 heteroatoms. The third-order valence-electron chi connectivity index (χ3n) is 4.18. The summed E-state index contributed by atoms with van der Waals surface area (Å²) in [5.41, 5.74) is 5.80. The molecule has 0 spiro atoms. The lowest BCUT2D eigenvalue weighted by Crippen LogP contribution is -2.68. The lowest BCUT2D eigenvalue weighted by atomic mass is 10.3. The van der Waals surface area contributed by atoms with Crippen LogP contribution < -0.4 is 40.3 Å². The number of carbonyl (C=O) groups is 1. The van der Waals surface area contributed by atoms with Gasteiger partial charge in [0.1, 0.15) is 15.9 Å². The highest BCUT2D eigenvalue weighted by atomic mass is 35.7. The number of halogens is 3. The zero-order valence-corrected chi connectivity index (χ0v) is 19.0. The zero-order valence-electron chi connectivity index (χ0n) is 15.9. The van der Waals surface area contributed by atoms with E-state index in [4.69, 9.17) is 47.6 Å². The van der Waals surface area contributed by atoms with Gasteiger partial charge in [-0.1, -0.05) is 77.8 Å². The number of hydrogen-bond acceptors (Lipinski definition) is 5. The third-order valence-corrected chi connectivity index (χ3v) is 9.15. The maximum atomic E-state index is 12.5. The molecule has 3 aromatic carbocycles. The van der Waals surface area contributed by atoms with Crippen molar-refractivity contribution in [3.05, 3.63) is 101 Å². The lowest BCUT2D eigenvalue weighted by Gasteiger charge is -2.28. The average molecular weight is 501 g/mol. The van der Waals surface area contributed by atoms with Crippen molar-refractivity contribution in [2.75, 3.05) is 0 Å². The Hall–Kier alpha value is -1.99. The highest BCUT2D eigenvalue weighted by molar-refractivity contribution is 8.00. The standard InChI is InChI=1S/C21H16Cl2NOP.ClHO4/c22-20(23)19(21(24)25)26(16-10-4-1-5-11-16,17-12-6-2-7-13-17)18-14-8-3-9-15-18;2-1(3,4)5/h1-15H,(H-,24,25);(H,2,3,4,5). The van der Waals surface area contributed by atoms with Gasteiger partial charge in [-0.2, -0.15) is 0 Å². The van der Waals surface area contributed by atoms with Gasteiger partial charge in [-0.05, 0) is 36.4 Å². The lowest BCUT2D eigenvalue weighted by molar-refractivity contribution is -2.00. The van der Waals surface area contributed by atoms with Gasteiger partial charge in [0.2, 0.25) is 5.31 Å². The normalized spacial score (nSPS) is 11.2. The molecule has 0 atom stereocenters. The summed E-state index contributed by atoms with van der Waals surface area (Å²) in [6.45, 7) is 0. The van der Waals surface area contributed by atoms with E-state index in [1.165, 1.54) is 0 Å². The van der Waals surface area contributed by atoms with Crippen molar-refractivity contribution in [3.63, 3.8) is 0 Å². The van der Waals surface area contributed by atoms with Crippen molar-refractivity contribution < 1.29 is 33.7 Å². The quantitative estimate of drug-likeness (QED) is 0.367. The molecular formula is C21H17Cl3NO5P. The Kier molecular flexibility index (Phi) is 9.01. The molecular weight excluding hydrogens is 484 g/mol. The maximum absolute atomic E-state index is 12.5. The summed E-state index contributed by atoms with van der Waals surface area (Å²) in [7, 11) is -7.58. The molecule has 0 bridgehead atoms. The Morgan fingerprint density at radius 2 is 0.935 bits per heavy atom. The fourth-order valence-electron chi connectivity index (χ4n) is 3.17. The van der Waals surface area contributed by atoms with Crippen LogP contribution in [0.15, 0.2) is 101 Å². The van der Waals surface area contributed by atoms with E-state index in [1.807, 2.05) is 91.0 Å². The van der Waals surface area contributed by atoms with Crippen LogP contribution in [-0.2, 0) is 4.79 Å². The predicted molar refractivity (Wildman–Crippen MR) is 113 cm³/mol. The van der Waals surface area contributed by atoms with E-state index in [0.29, 0.717) is 0 Å². The minimum atomic E-state index is -4.94. The zero-order chi connectivity index (χ0) is 23.1. The van der Waals surface area contributed by atoms with Crippen LogP contribution in [0.2, 0.25) is 0 Å². The molecule has 0 saturated carbocycles. The van der Waals surface area contributed by atoms with Gasteiger partial charge in [0.25, 0.3) is 5.91 Å². The molecule has 0 aliphatic carbocycles. The minimum Gasteiger partial charge on any atom is -0.363 e. The summed E-state index contributed by atoms with van der Waals surface area (Å²) in [5, 5.41) is 3.14. The number of carbonyl (C=O) groups excluding carboxylic acids is 1. The van der Waals surface area contributed by atoms with E-state index in [9.17, 15) is 4.79 Å². The predicted octanol–water partition coefficient (Wildman–Crippen LogP) is -0.644. The van der Waals surface area contributed by atoms with Gasteiger partial charge in [0, 0.05) is 0 Å². The van der Waals surface area contributed by atoms with E-state index in [-0.39, 0.29) is 9.81 Å². The summed E-state index contributed by atoms with van der Waals surface area (Å²) >= 11 is 12.5. The van der Waals surface area contributed by atoms with Crippen molar-refractivity contribution in [2.24, 2.45) is 5.73 Å². The van der Waals surface area contributed by atoms with Crippen LogP contribution in [0.3, 0.4) is 0 Å². The number of primary amides is 1. The van der Waals surface area contributed by atoms with E-state index in [2.05, 4.69) is 0 Å². The molecule has 0 heterocycles. The van der Waals surface area contributed by atoms with E-state index in [1.54, 1.807) is 0 Å². The second-order valence-corrected chi connectivity index (χ2v) is 11.1. The van der Waals surface area contributed by atoms with Gasteiger partial charge in [-0.15, -0.1) is 10.2 Å². The molecule has 2 N–H and O–H groups in total. The molecule has 0 aromatic heterocycles. The topological polar surface area (TPSA) is 135 Å². The third kappa shape index (κ3) is 6.50. The monoisotopic (exact) mass is 499 g/mol. The number of nitrogens with two attached hydrogens (primary N) is 1. The van der Waals surface area contributed by atoms with Gasteiger partial charge < -0.3 is 5.73 Å². The molecule has 3 aromatic rings. The van der Waals surface area contributed by atoms with Crippen LogP contribution in [0.1, 0.15) is 0 Å². The van der Waals surface area contributed by atoms with E-state index < -0.39 is 23.4 Å². The molecule has 162 valence electrons. The largest absolute Gasteiger partial charge is 0.363 e. The van der Waals surface area contributed by atoms with Crippen LogP contribution in [0.25, 0.3) is 0 Å². The van der Waals surface area contributed by atoms with Gasteiger partial charge in [-0.25, -0.2) is 18.6 Å². The second kappa shape index (κ2) is 11.0. The van der Waals surface area contributed by atoms with E-state index in [0.717, 1.165) is 15.9 Å². The first kappa shape index (κ1) is 25.3. The number of hydrogen-bond donors (Lipinski definition) is 1. The summed E-state index contributed by atoms with van der Waals surface area (Å²) in [6.07, 6.45) is 0. The van der Waals surface area contributed by atoms with Crippen LogP contribution in [0.4, 0.5) is 0 Å². The molecule has 31 heavy (non-hydrogen) atoms. The molecule has 0 unspecified atom stereocenters. The fourth-order valence-corrected chi connectivity index (χ4v) is 8.23. The summed E-state index contributed by atoms with van der Waals surface area (Å²) in [5.74, 6) is -0.616. The number of amides is 1. The molecule has 3 rings (SSSR count). The van der Waals surface area contributed by atoms with Crippen LogP contribution in [-0.4, -0.2) is 5.91 Å². The van der Waals surface area contributed by atoms with Gasteiger partial charge in [-0.3, -0.25) is 4.79 Å². The molecule has 0 fully saturated rings. The molecule has 0 saturated heterocycles. The summed E-state index contributed by atoms with van der Waals surface area (Å²) in [6, 6.07) is 29.4. The maximum Gasteiger partial charge on any atom is 0.287 e. The Morgan fingerprint density at radius 1 is 0.677 bits per heavy atom. The van der Waals surface area contributed by atoms with Gasteiger partial charge >= 0.3 is 0 Å². The van der Waals surface area contributed by atoms with Crippen molar-refractivity contribution in [1.82, 2.24) is 0 Å².